The Hall–Kier alpha value is -2.64. The Morgan fingerprint density at radius 1 is 1.00 bits per heavy atom. The molecular formula is C8H6N8. The van der Waals surface area contributed by atoms with Crippen LogP contribution in [0.2, 0.25) is 0 Å². The van der Waals surface area contributed by atoms with Crippen molar-refractivity contribution in [1.29, 1.82) is 0 Å². The molecule has 0 aliphatic rings. The SMILES string of the molecule is c1cnc(-c2n[nH]c(-c3ncn[nH]3)n2)cn1. The molecule has 8 nitrogen and oxygen atoms in total. The molecule has 3 aromatic rings. The molecule has 0 unspecified atom stereocenters. The van der Waals surface area contributed by atoms with Crippen LogP contribution in [0.15, 0.2) is 24.9 Å². The van der Waals surface area contributed by atoms with Gasteiger partial charge in [-0.1, -0.05) is 0 Å². The van der Waals surface area contributed by atoms with Gasteiger partial charge in [0.2, 0.25) is 5.82 Å². The number of nitrogens with zero attached hydrogens (tertiary/aromatic N) is 6. The van der Waals surface area contributed by atoms with Gasteiger partial charge >= 0.3 is 0 Å². The first-order valence-corrected chi connectivity index (χ1v) is 4.48. The van der Waals surface area contributed by atoms with Crippen molar-refractivity contribution < 1.29 is 0 Å². The summed E-state index contributed by atoms with van der Waals surface area (Å²) in [5.74, 6) is 1.51. The first-order chi connectivity index (χ1) is 7.93. The van der Waals surface area contributed by atoms with Crippen LogP contribution in [0.3, 0.4) is 0 Å². The van der Waals surface area contributed by atoms with Gasteiger partial charge in [-0.3, -0.25) is 15.2 Å². The second-order valence-electron chi connectivity index (χ2n) is 2.93. The summed E-state index contributed by atoms with van der Waals surface area (Å²) in [6, 6.07) is 0. The van der Waals surface area contributed by atoms with Crippen LogP contribution in [0, 0.1) is 0 Å². The van der Waals surface area contributed by atoms with E-state index in [9.17, 15) is 0 Å². The molecule has 0 atom stereocenters. The summed E-state index contributed by atoms with van der Waals surface area (Å²) >= 11 is 0. The zero-order chi connectivity index (χ0) is 10.8. The van der Waals surface area contributed by atoms with Gasteiger partial charge in [0.1, 0.15) is 12.0 Å². The fourth-order valence-corrected chi connectivity index (χ4v) is 1.22. The summed E-state index contributed by atoms with van der Waals surface area (Å²) in [5.41, 5.74) is 0.601. The highest BCUT2D eigenvalue weighted by atomic mass is 15.3. The lowest BCUT2D eigenvalue weighted by atomic mass is 10.4. The van der Waals surface area contributed by atoms with Gasteiger partial charge < -0.3 is 0 Å². The average molecular weight is 214 g/mol. The maximum atomic E-state index is 4.22. The number of hydrogen-bond acceptors (Lipinski definition) is 6. The molecule has 0 saturated carbocycles. The van der Waals surface area contributed by atoms with Crippen molar-refractivity contribution in [2.75, 3.05) is 0 Å². The van der Waals surface area contributed by atoms with Crippen molar-refractivity contribution >= 4 is 0 Å². The number of aromatic nitrogens is 8. The van der Waals surface area contributed by atoms with Gasteiger partial charge in [-0.05, 0) is 0 Å². The summed E-state index contributed by atoms with van der Waals surface area (Å²) in [7, 11) is 0. The van der Waals surface area contributed by atoms with Crippen LogP contribution in [0.25, 0.3) is 23.2 Å². The Labute approximate surface area is 89.2 Å². The molecule has 3 aromatic heterocycles. The van der Waals surface area contributed by atoms with Gasteiger partial charge in [0.15, 0.2) is 11.6 Å². The van der Waals surface area contributed by atoms with Gasteiger partial charge in [0, 0.05) is 12.4 Å². The molecule has 0 aliphatic carbocycles. The molecule has 3 heterocycles. The van der Waals surface area contributed by atoms with E-state index in [4.69, 9.17) is 0 Å². The van der Waals surface area contributed by atoms with Gasteiger partial charge in [-0.2, -0.15) is 10.2 Å². The Morgan fingerprint density at radius 3 is 2.75 bits per heavy atom. The fourth-order valence-electron chi connectivity index (χ4n) is 1.22. The second-order valence-corrected chi connectivity index (χ2v) is 2.93. The van der Waals surface area contributed by atoms with E-state index in [1.54, 1.807) is 18.6 Å². The van der Waals surface area contributed by atoms with Gasteiger partial charge in [-0.25, -0.2) is 15.0 Å². The minimum atomic E-state index is 0.472. The molecule has 0 spiro atoms. The molecule has 2 N–H and O–H groups in total. The van der Waals surface area contributed by atoms with E-state index in [0.29, 0.717) is 23.2 Å². The highest BCUT2D eigenvalue weighted by Crippen LogP contribution is 2.13. The van der Waals surface area contributed by atoms with Crippen molar-refractivity contribution in [2.45, 2.75) is 0 Å². The normalized spacial score (nSPS) is 10.5. The molecule has 0 aromatic carbocycles. The quantitative estimate of drug-likeness (QED) is 0.623. The van der Waals surface area contributed by atoms with E-state index in [-0.39, 0.29) is 0 Å². The van der Waals surface area contributed by atoms with Crippen LogP contribution in [0.1, 0.15) is 0 Å². The minimum absolute atomic E-state index is 0.472. The largest absolute Gasteiger partial charge is 0.261 e. The average Bonchev–Trinajstić information content (AvgIpc) is 3.01. The van der Waals surface area contributed by atoms with Gasteiger partial charge in [0.05, 0.1) is 6.20 Å². The number of nitrogens with one attached hydrogen (secondary N) is 2. The van der Waals surface area contributed by atoms with Gasteiger partial charge in [-0.15, -0.1) is 0 Å². The van der Waals surface area contributed by atoms with Crippen LogP contribution in [0.4, 0.5) is 0 Å². The molecule has 3 rings (SSSR count). The van der Waals surface area contributed by atoms with E-state index in [1.807, 2.05) is 0 Å². The summed E-state index contributed by atoms with van der Waals surface area (Å²) in [5, 5.41) is 13.2. The molecular weight excluding hydrogens is 208 g/mol. The van der Waals surface area contributed by atoms with Crippen molar-refractivity contribution in [1.82, 2.24) is 40.3 Å². The third kappa shape index (κ3) is 1.41. The topological polar surface area (TPSA) is 109 Å². The van der Waals surface area contributed by atoms with E-state index >= 15 is 0 Å². The Bertz CT molecular complexity index is 569. The van der Waals surface area contributed by atoms with E-state index in [1.165, 1.54) is 6.33 Å². The summed E-state index contributed by atoms with van der Waals surface area (Å²) < 4.78 is 0. The van der Waals surface area contributed by atoms with Crippen LogP contribution in [0.5, 0.6) is 0 Å². The van der Waals surface area contributed by atoms with Crippen LogP contribution < -0.4 is 0 Å². The molecule has 8 heteroatoms. The van der Waals surface area contributed by atoms with Crippen molar-refractivity contribution in [3.63, 3.8) is 0 Å². The predicted molar refractivity (Wildman–Crippen MR) is 52.8 cm³/mol. The highest BCUT2D eigenvalue weighted by Gasteiger charge is 2.10. The van der Waals surface area contributed by atoms with Gasteiger partial charge in [0.25, 0.3) is 0 Å². The minimum Gasteiger partial charge on any atom is -0.261 e. The van der Waals surface area contributed by atoms with Crippen LogP contribution in [-0.4, -0.2) is 40.3 Å². The van der Waals surface area contributed by atoms with E-state index in [0.717, 1.165) is 0 Å². The predicted octanol–water partition coefficient (Wildman–Crippen LogP) is 0.0468. The van der Waals surface area contributed by atoms with Crippen molar-refractivity contribution in [2.24, 2.45) is 0 Å². The van der Waals surface area contributed by atoms with Crippen molar-refractivity contribution in [3.05, 3.63) is 24.9 Å². The van der Waals surface area contributed by atoms with Crippen LogP contribution >= 0.6 is 0 Å². The summed E-state index contributed by atoms with van der Waals surface area (Å²) in [6.45, 7) is 0. The smallest absolute Gasteiger partial charge is 0.201 e. The van der Waals surface area contributed by atoms with Crippen molar-refractivity contribution in [3.8, 4) is 23.2 Å². The maximum absolute atomic E-state index is 4.22. The summed E-state index contributed by atoms with van der Waals surface area (Å²) in [6.07, 6.45) is 6.17. The lowest BCUT2D eigenvalue weighted by Crippen LogP contribution is -1.86. The number of rotatable bonds is 2. The van der Waals surface area contributed by atoms with Crippen LogP contribution in [-0.2, 0) is 0 Å². The molecule has 0 amide bonds. The Morgan fingerprint density at radius 2 is 2.00 bits per heavy atom. The molecule has 16 heavy (non-hydrogen) atoms. The number of H-pyrrole nitrogens is 2. The molecule has 0 saturated heterocycles. The second kappa shape index (κ2) is 3.50. The maximum Gasteiger partial charge on any atom is 0.201 e. The first kappa shape index (κ1) is 8.65. The lowest BCUT2D eigenvalue weighted by Gasteiger charge is -1.89. The number of aromatic amines is 2. The van der Waals surface area contributed by atoms with E-state index in [2.05, 4.69) is 40.3 Å². The molecule has 0 bridgehead atoms. The standard InChI is InChI=1S/C8H6N8/c1-2-10-5(3-9-1)6-13-8(16-15-6)7-11-4-12-14-7/h1-4H,(H,11,12,14)(H,13,15,16). The summed E-state index contributed by atoms with van der Waals surface area (Å²) in [4.78, 5) is 16.2. The Kier molecular flexibility index (Phi) is 1.89. The molecule has 0 radical (unpaired) electrons. The first-order valence-electron chi connectivity index (χ1n) is 4.48. The molecule has 0 fully saturated rings. The molecule has 78 valence electrons. The third-order valence-corrected chi connectivity index (χ3v) is 1.92. The zero-order valence-corrected chi connectivity index (χ0v) is 7.99. The number of hydrogen-bond donors (Lipinski definition) is 2. The highest BCUT2D eigenvalue weighted by molar-refractivity contribution is 5.51. The van der Waals surface area contributed by atoms with E-state index < -0.39 is 0 Å². The monoisotopic (exact) mass is 214 g/mol. The third-order valence-electron chi connectivity index (χ3n) is 1.92. The zero-order valence-electron chi connectivity index (χ0n) is 7.99. The fraction of sp³-hybridized carbons (Fsp3) is 0. The lowest BCUT2D eigenvalue weighted by molar-refractivity contribution is 1.05. The Balaban J connectivity index is 2.00. The molecule has 0 aliphatic heterocycles.